The van der Waals surface area contributed by atoms with Crippen molar-refractivity contribution < 1.29 is 149 Å². The van der Waals surface area contributed by atoms with Gasteiger partial charge in [0.25, 0.3) is 0 Å². The maximum absolute atomic E-state index is 14.7. The van der Waals surface area contributed by atoms with E-state index in [2.05, 4.69) is 34.9 Å². The van der Waals surface area contributed by atoms with Crippen molar-refractivity contribution in [2.75, 3.05) is 26.9 Å². The van der Waals surface area contributed by atoms with E-state index in [-0.39, 0.29) is 23.2 Å². The van der Waals surface area contributed by atoms with Crippen LogP contribution in [-0.2, 0) is 105 Å². The van der Waals surface area contributed by atoms with Gasteiger partial charge in [-0.1, -0.05) is 44.9 Å². The van der Waals surface area contributed by atoms with Crippen molar-refractivity contribution in [3.8, 4) is 0 Å². The van der Waals surface area contributed by atoms with Crippen LogP contribution in [0.15, 0.2) is 23.8 Å². The van der Waals surface area contributed by atoms with Gasteiger partial charge in [-0.25, -0.2) is 12.5 Å². The molecule has 5 unspecified atom stereocenters. The fourth-order valence-corrected chi connectivity index (χ4v) is 18.0. The molecule has 0 aromatic rings. The Bertz CT molecular complexity index is 3040. The Kier molecular flexibility index (Phi) is 21.3. The molecule has 32 nitrogen and oxygen atoms in total. The third-order valence-electron chi connectivity index (χ3n) is 21.0. The summed E-state index contributed by atoms with van der Waals surface area (Å²) < 4.78 is 178. The van der Waals surface area contributed by atoms with E-state index in [0.29, 0.717) is 44.9 Å². The molecule has 0 aromatic carbocycles. The molecule has 3 saturated carbocycles. The molecule has 522 valence electrons. The van der Waals surface area contributed by atoms with Crippen molar-refractivity contribution in [2.45, 2.75) is 248 Å². The number of cyclic esters (lactones) is 1. The van der Waals surface area contributed by atoms with Crippen LogP contribution in [0.2, 0.25) is 0 Å². The molecule has 5 heterocycles. The highest BCUT2D eigenvalue weighted by atomic mass is 32.3. The maximum atomic E-state index is 14.7. The van der Waals surface area contributed by atoms with Crippen molar-refractivity contribution in [1.82, 2.24) is 0 Å². The Morgan fingerprint density at radius 3 is 1.82 bits per heavy atom. The van der Waals surface area contributed by atoms with Crippen molar-refractivity contribution in [3.63, 3.8) is 0 Å². The number of ether oxygens (including phenoxy) is 11. The molecule has 1 spiro atoms. The van der Waals surface area contributed by atoms with Crippen LogP contribution in [-0.4, -0.2) is 248 Å². The number of carbonyl (C=O) groups excluding carboxylic acids is 2. The summed E-state index contributed by atoms with van der Waals surface area (Å²) in [5.41, 5.74) is -1.53. The lowest BCUT2D eigenvalue weighted by Gasteiger charge is -2.64. The van der Waals surface area contributed by atoms with Gasteiger partial charge in [-0.3, -0.25) is 23.2 Å². The number of rotatable bonds is 22. The Labute approximate surface area is 527 Å². The first-order valence-electron chi connectivity index (χ1n) is 30.3. The second-order valence-electron chi connectivity index (χ2n) is 27.1. The second kappa shape index (κ2) is 26.7. The Hall–Kier alpha value is -2.61. The number of hydrogen-bond donors (Lipinski definition) is 10. The minimum Gasteiger partial charge on any atom is -0.462 e. The molecule has 0 bridgehead atoms. The maximum Gasteiger partial charge on any atom is 0.397 e. The molecule has 9 rings (SSSR count). The van der Waals surface area contributed by atoms with Gasteiger partial charge in [0.05, 0.1) is 43.4 Å². The Balaban J connectivity index is 0.926. The molecule has 0 amide bonds. The number of esters is 2. The zero-order valence-corrected chi connectivity index (χ0v) is 54.3. The van der Waals surface area contributed by atoms with Crippen molar-refractivity contribution in [3.05, 3.63) is 23.8 Å². The van der Waals surface area contributed by atoms with E-state index >= 15 is 0 Å². The summed E-state index contributed by atoms with van der Waals surface area (Å²) in [4.78, 5) is 27.5. The predicted octanol–water partition coefficient (Wildman–Crippen LogP) is -0.365. The third kappa shape index (κ3) is 14.1. The normalized spacial score (nSPS) is 46.6. The number of aliphatic hydroxyl groups excluding tert-OH is 7. The predicted molar refractivity (Wildman–Crippen MR) is 303 cm³/mol. The van der Waals surface area contributed by atoms with Crippen LogP contribution in [0.3, 0.4) is 0 Å². The fourth-order valence-electron chi connectivity index (χ4n) is 16.9. The average molecular weight is 1370 g/mol. The third-order valence-corrected chi connectivity index (χ3v) is 22.4. The zero-order valence-electron chi connectivity index (χ0n) is 51.8. The van der Waals surface area contributed by atoms with Crippen LogP contribution in [0.5, 0.6) is 0 Å². The first kappa shape index (κ1) is 72.7. The van der Waals surface area contributed by atoms with Gasteiger partial charge in [0, 0.05) is 19.4 Å². The summed E-state index contributed by atoms with van der Waals surface area (Å²) in [5.74, 6) is -1.22. The van der Waals surface area contributed by atoms with Crippen LogP contribution in [0, 0.1) is 39.4 Å². The number of fused-ring (bicyclic) bond motifs is 4. The first-order valence-corrected chi connectivity index (χ1v) is 34.3. The van der Waals surface area contributed by atoms with Crippen LogP contribution in [0.1, 0.15) is 113 Å². The minimum atomic E-state index is -5.26. The summed E-state index contributed by atoms with van der Waals surface area (Å²) in [6, 6.07) is 0. The molecular formula is C56H88O32S3. The quantitative estimate of drug-likeness (QED) is 0.0376. The Morgan fingerprint density at radius 1 is 0.681 bits per heavy atom. The minimum absolute atomic E-state index is 0.0194. The lowest BCUT2D eigenvalue weighted by atomic mass is 9.41. The van der Waals surface area contributed by atoms with Crippen molar-refractivity contribution in [1.29, 1.82) is 0 Å². The summed E-state index contributed by atoms with van der Waals surface area (Å²) in [7, 11) is -14.6. The van der Waals surface area contributed by atoms with Gasteiger partial charge in [-0.05, 0) is 101 Å². The highest BCUT2D eigenvalue weighted by Crippen LogP contribution is 2.77. The van der Waals surface area contributed by atoms with Crippen molar-refractivity contribution in [2.24, 2.45) is 39.4 Å². The molecule has 35 heteroatoms. The number of carbonyl (C=O) groups is 2. The largest absolute Gasteiger partial charge is 0.462 e. The van der Waals surface area contributed by atoms with Gasteiger partial charge in [-0.2, -0.15) is 25.3 Å². The number of hydrogen-bond acceptors (Lipinski definition) is 29. The summed E-state index contributed by atoms with van der Waals surface area (Å²) >= 11 is 0. The Morgan fingerprint density at radius 2 is 1.25 bits per heavy atom. The summed E-state index contributed by atoms with van der Waals surface area (Å²) in [5, 5.41) is 80.4. The lowest BCUT2D eigenvalue weighted by Crippen LogP contribution is -2.67. The lowest BCUT2D eigenvalue weighted by molar-refractivity contribution is -0.389. The van der Waals surface area contributed by atoms with Gasteiger partial charge in [0.1, 0.15) is 97.2 Å². The smallest absolute Gasteiger partial charge is 0.397 e. The molecule has 5 aliphatic heterocycles. The number of methoxy groups -OCH3 is 1. The van der Waals surface area contributed by atoms with Crippen LogP contribution in [0.25, 0.3) is 0 Å². The van der Waals surface area contributed by atoms with E-state index < -0.39 is 214 Å². The van der Waals surface area contributed by atoms with E-state index in [1.54, 1.807) is 0 Å². The van der Waals surface area contributed by atoms with Gasteiger partial charge >= 0.3 is 43.1 Å². The number of aliphatic hydroxyl groups is 7. The molecule has 91 heavy (non-hydrogen) atoms. The number of allylic oxidation sites excluding steroid dienone is 3. The fraction of sp³-hybridized carbons (Fsp3) is 0.893. The molecule has 10 N–H and O–H groups in total. The zero-order chi connectivity index (χ0) is 67.3. The highest BCUT2D eigenvalue weighted by Gasteiger charge is 2.79. The van der Waals surface area contributed by atoms with E-state index in [9.17, 15) is 79.7 Å². The van der Waals surface area contributed by atoms with Gasteiger partial charge in [0.15, 0.2) is 25.2 Å². The van der Waals surface area contributed by atoms with E-state index in [0.717, 1.165) is 31.1 Å². The molecule has 8 fully saturated rings. The van der Waals surface area contributed by atoms with Gasteiger partial charge in [0.2, 0.25) is 0 Å². The topological polar surface area (TPSA) is 468 Å². The van der Waals surface area contributed by atoms with Gasteiger partial charge < -0.3 is 87.9 Å². The molecule has 0 radical (unpaired) electrons. The monoisotopic (exact) mass is 1370 g/mol. The van der Waals surface area contributed by atoms with E-state index in [1.165, 1.54) is 13.8 Å². The highest BCUT2D eigenvalue weighted by molar-refractivity contribution is 7.81. The molecule has 28 atom stereocenters. The van der Waals surface area contributed by atoms with E-state index in [1.807, 2.05) is 27.7 Å². The second-order valence-corrected chi connectivity index (χ2v) is 30.3. The first-order chi connectivity index (χ1) is 42.1. The molecule has 0 aromatic heterocycles. The summed E-state index contributed by atoms with van der Waals surface area (Å²) in [6.45, 7) is 16.1. The molecule has 4 aliphatic carbocycles. The molecule has 9 aliphatic rings. The standard InChI is InChI=1S/C56H88O32S3/c1-24(2)12-11-17-55(9)46-29(80-26(4)57)20-54(8)28-13-14-33-52(5,6)34(16-18-53(33,7)27(28)15-19-56(46,54)51(65)87-55)83-50-45(37(60)32(21-76-50)88-91(72,73)74)86-47-39(62)38(61)42(25(3)79-47)84-49-41(64)44(36(59)31(82-49)23-78-90(69,70)71)85-48-40(63)43(75-10)35(58)30(81-48)22-77-89(66,67)68/h13,25,27,29-50,58-64H,1,11-12,14-23H2,2-10H3,(H,66,67,68)(H,69,70,71)(H,72,73,74)/t25-,27?,29+,30-,31-,32-,33?,34+,35-,36-,37+,38-,39-,40-,41-,42-,43+,44+,45-,46?,47+,48+,49+,50+,53-,54+,55?,56?/m1/s1. The van der Waals surface area contributed by atoms with Crippen LogP contribution < -0.4 is 0 Å². The van der Waals surface area contributed by atoms with Gasteiger partial charge in [-0.15, -0.1) is 6.58 Å². The van der Waals surface area contributed by atoms with Crippen LogP contribution >= 0.6 is 0 Å². The SMILES string of the molecule is C=C(C)CCCC1(C)OC(=O)C23CCC4C(=CCC5C(C)(C)[C@@H](O[C@@H]6OC[C@@H](OS(=O)(=O)O)[C@H](O)[C@H]6O[C@@H]6O[C@H](C)[C@@H](O[C@@H]7O[C@H](COS(=O)(=O)O)[C@@H](O)[C@H](O[C@@H]8O[C@H](COS(=O)(=O)O)[C@@H](O)[C@H](OC)[C@H]8O)[C@H]7O)[C@H](O)[C@H]6O)CC[C@]45C)[C@]2(C)C[C@H](OC(C)=O)C13. The van der Waals surface area contributed by atoms with Crippen molar-refractivity contribution >= 4 is 43.1 Å². The van der Waals surface area contributed by atoms with Crippen LogP contribution in [0.4, 0.5) is 0 Å². The summed E-state index contributed by atoms with van der Waals surface area (Å²) in [6.07, 6.45) is -30.7. The molecular weight excluding hydrogens is 1280 g/mol. The average Bonchev–Trinajstić information content (AvgIpc) is 1.52. The van der Waals surface area contributed by atoms with E-state index in [4.69, 9.17) is 60.8 Å². The molecule has 5 saturated heterocycles.